The molecule has 0 amide bonds. The molecule has 0 aliphatic rings. The van der Waals surface area contributed by atoms with Gasteiger partial charge in [0, 0.05) is 33.1 Å². The van der Waals surface area contributed by atoms with E-state index in [-0.39, 0.29) is 0 Å². The van der Waals surface area contributed by atoms with Gasteiger partial charge >= 0.3 is 0 Å². The van der Waals surface area contributed by atoms with Crippen molar-refractivity contribution < 1.29 is 4.42 Å². The van der Waals surface area contributed by atoms with E-state index in [0.717, 1.165) is 50.0 Å². The van der Waals surface area contributed by atoms with Gasteiger partial charge in [-0.15, -0.1) is 0 Å². The normalized spacial score (nSPS) is 11.5. The van der Waals surface area contributed by atoms with Crippen molar-refractivity contribution in [2.24, 2.45) is 0 Å². The lowest BCUT2D eigenvalue weighted by Gasteiger charge is -2.28. The van der Waals surface area contributed by atoms with Crippen molar-refractivity contribution >= 4 is 60.5 Å². The van der Waals surface area contributed by atoms with Gasteiger partial charge in [0.05, 0.1) is 5.69 Å². The van der Waals surface area contributed by atoms with E-state index in [0.29, 0.717) is 0 Å². The van der Waals surface area contributed by atoms with Gasteiger partial charge in [-0.3, -0.25) is 0 Å². The third-order valence-corrected chi connectivity index (χ3v) is 9.03. The Morgan fingerprint density at radius 3 is 1.87 bits per heavy atom. The molecule has 1 aromatic heterocycles. The highest BCUT2D eigenvalue weighted by atomic mass is 16.3. The van der Waals surface area contributed by atoms with E-state index in [1.807, 2.05) is 6.07 Å². The zero-order valence-corrected chi connectivity index (χ0v) is 25.1. The number of hydrogen-bond acceptors (Lipinski definition) is 2. The van der Waals surface area contributed by atoms with E-state index in [4.69, 9.17) is 4.42 Å². The Morgan fingerprint density at radius 1 is 0.391 bits per heavy atom. The first-order valence-corrected chi connectivity index (χ1v) is 15.7. The van der Waals surface area contributed by atoms with Gasteiger partial charge in [0.2, 0.25) is 0 Å². The van der Waals surface area contributed by atoms with Gasteiger partial charge in [0.15, 0.2) is 0 Å². The summed E-state index contributed by atoms with van der Waals surface area (Å²) in [6, 6.07) is 62.7. The van der Waals surface area contributed by atoms with E-state index >= 15 is 0 Å². The SMILES string of the molecule is c1ccc(-c2ccccc2N(c2ccc(-c3cc4ccccc4c4oc5ccccc5c34)cc2)c2ccc3ccccc3c2)cc1. The van der Waals surface area contributed by atoms with Gasteiger partial charge in [-0.25, -0.2) is 0 Å². The predicted molar refractivity (Wildman–Crippen MR) is 194 cm³/mol. The molecule has 46 heavy (non-hydrogen) atoms. The van der Waals surface area contributed by atoms with Crippen LogP contribution in [0.25, 0.3) is 65.7 Å². The zero-order chi connectivity index (χ0) is 30.5. The van der Waals surface area contributed by atoms with Gasteiger partial charge in [0.1, 0.15) is 11.2 Å². The minimum absolute atomic E-state index is 0.909. The Kier molecular flexibility index (Phi) is 6.17. The predicted octanol–water partition coefficient (Wildman–Crippen LogP) is 12.7. The quantitative estimate of drug-likeness (QED) is 0.199. The van der Waals surface area contributed by atoms with Crippen LogP contribution in [0.15, 0.2) is 180 Å². The molecular formula is C44H29NO. The van der Waals surface area contributed by atoms with Crippen LogP contribution in [0.5, 0.6) is 0 Å². The zero-order valence-electron chi connectivity index (χ0n) is 25.1. The van der Waals surface area contributed by atoms with Crippen molar-refractivity contribution in [1.82, 2.24) is 0 Å². The lowest BCUT2D eigenvalue weighted by Crippen LogP contribution is -2.11. The fourth-order valence-corrected chi connectivity index (χ4v) is 6.85. The maximum absolute atomic E-state index is 6.49. The Hall–Kier alpha value is -6.12. The van der Waals surface area contributed by atoms with Crippen LogP contribution in [-0.2, 0) is 0 Å². The van der Waals surface area contributed by atoms with Crippen molar-refractivity contribution in [3.63, 3.8) is 0 Å². The highest BCUT2D eigenvalue weighted by Crippen LogP contribution is 2.44. The van der Waals surface area contributed by atoms with Crippen LogP contribution in [0.3, 0.4) is 0 Å². The minimum Gasteiger partial charge on any atom is -0.455 e. The van der Waals surface area contributed by atoms with Gasteiger partial charge in [0.25, 0.3) is 0 Å². The maximum atomic E-state index is 6.49. The Labute approximate surface area is 267 Å². The molecule has 2 nitrogen and oxygen atoms in total. The Bertz CT molecular complexity index is 2530. The van der Waals surface area contributed by atoms with Crippen LogP contribution in [0, 0.1) is 0 Å². The third-order valence-electron chi connectivity index (χ3n) is 9.03. The topological polar surface area (TPSA) is 16.4 Å². The van der Waals surface area contributed by atoms with E-state index in [1.165, 1.54) is 32.8 Å². The molecule has 0 aliphatic heterocycles. The lowest BCUT2D eigenvalue weighted by atomic mass is 9.95. The molecule has 2 heteroatoms. The number of furan rings is 1. The van der Waals surface area contributed by atoms with Crippen LogP contribution in [0.1, 0.15) is 0 Å². The molecule has 0 spiro atoms. The molecule has 9 rings (SSSR count). The molecule has 0 N–H and O–H groups in total. The molecule has 216 valence electrons. The summed E-state index contributed by atoms with van der Waals surface area (Å²) in [5.41, 5.74) is 9.88. The van der Waals surface area contributed by atoms with Crippen molar-refractivity contribution in [1.29, 1.82) is 0 Å². The van der Waals surface area contributed by atoms with Crippen LogP contribution >= 0.6 is 0 Å². The van der Waals surface area contributed by atoms with E-state index in [1.54, 1.807) is 0 Å². The molecule has 0 fully saturated rings. The van der Waals surface area contributed by atoms with Crippen molar-refractivity contribution in [3.05, 3.63) is 176 Å². The monoisotopic (exact) mass is 587 g/mol. The smallest absolute Gasteiger partial charge is 0.143 e. The number of fused-ring (bicyclic) bond motifs is 6. The highest BCUT2D eigenvalue weighted by Gasteiger charge is 2.19. The molecule has 8 aromatic carbocycles. The highest BCUT2D eigenvalue weighted by molar-refractivity contribution is 6.21. The molecule has 0 saturated carbocycles. The number of rotatable bonds is 5. The number of hydrogen-bond donors (Lipinski definition) is 0. The molecule has 1 heterocycles. The van der Waals surface area contributed by atoms with Crippen LogP contribution < -0.4 is 4.90 Å². The van der Waals surface area contributed by atoms with Gasteiger partial charge in [-0.2, -0.15) is 0 Å². The second-order valence-corrected chi connectivity index (χ2v) is 11.7. The molecule has 0 bridgehead atoms. The van der Waals surface area contributed by atoms with Crippen molar-refractivity contribution in [3.8, 4) is 22.3 Å². The maximum Gasteiger partial charge on any atom is 0.143 e. The van der Waals surface area contributed by atoms with Crippen LogP contribution in [0.2, 0.25) is 0 Å². The summed E-state index contributed by atoms with van der Waals surface area (Å²) in [6.07, 6.45) is 0. The third kappa shape index (κ3) is 4.35. The molecule has 0 atom stereocenters. The molecule has 0 unspecified atom stereocenters. The summed E-state index contributed by atoms with van der Waals surface area (Å²) in [5, 5.41) is 7.03. The summed E-state index contributed by atoms with van der Waals surface area (Å²) in [5.74, 6) is 0. The molecule has 0 aliphatic carbocycles. The van der Waals surface area contributed by atoms with E-state index < -0.39 is 0 Å². The first-order chi connectivity index (χ1) is 22.8. The number of para-hydroxylation sites is 2. The first-order valence-electron chi connectivity index (χ1n) is 15.7. The summed E-state index contributed by atoms with van der Waals surface area (Å²) in [4.78, 5) is 2.38. The average molecular weight is 588 g/mol. The van der Waals surface area contributed by atoms with Crippen molar-refractivity contribution in [2.75, 3.05) is 4.90 Å². The summed E-state index contributed by atoms with van der Waals surface area (Å²) in [7, 11) is 0. The number of benzene rings is 8. The van der Waals surface area contributed by atoms with Crippen molar-refractivity contribution in [2.45, 2.75) is 0 Å². The number of nitrogens with zero attached hydrogens (tertiary/aromatic N) is 1. The molecule has 9 aromatic rings. The number of anilines is 3. The second kappa shape index (κ2) is 10.8. The van der Waals surface area contributed by atoms with Gasteiger partial charge < -0.3 is 9.32 Å². The lowest BCUT2D eigenvalue weighted by molar-refractivity contribution is 0.673. The molecule has 0 saturated heterocycles. The summed E-state index contributed by atoms with van der Waals surface area (Å²) in [6.45, 7) is 0. The summed E-state index contributed by atoms with van der Waals surface area (Å²) >= 11 is 0. The standard InChI is InChI=1S/C44H29NO/c1-2-13-31(14-3-1)37-17-8-10-20-41(37)45(36-27-22-30-12-4-5-15-33(30)28-36)35-25-23-32(24-26-35)40-29-34-16-6-7-18-38(34)44-43(40)39-19-9-11-21-42(39)46-44/h1-29H. The molecule has 0 radical (unpaired) electrons. The van der Waals surface area contributed by atoms with Gasteiger partial charge in [-0.05, 0) is 75.3 Å². The Morgan fingerprint density at radius 2 is 1.02 bits per heavy atom. The van der Waals surface area contributed by atoms with E-state index in [2.05, 4.69) is 175 Å². The average Bonchev–Trinajstić information content (AvgIpc) is 3.52. The molecular weight excluding hydrogens is 558 g/mol. The first kappa shape index (κ1) is 26.3. The fourth-order valence-electron chi connectivity index (χ4n) is 6.85. The summed E-state index contributed by atoms with van der Waals surface area (Å²) < 4.78 is 6.49. The van der Waals surface area contributed by atoms with Gasteiger partial charge in [-0.1, -0.05) is 133 Å². The minimum atomic E-state index is 0.909. The van der Waals surface area contributed by atoms with Crippen LogP contribution in [0.4, 0.5) is 17.1 Å². The largest absolute Gasteiger partial charge is 0.455 e. The fraction of sp³-hybridized carbons (Fsp3) is 0. The Balaban J connectivity index is 1.24. The van der Waals surface area contributed by atoms with E-state index in [9.17, 15) is 0 Å². The second-order valence-electron chi connectivity index (χ2n) is 11.7. The van der Waals surface area contributed by atoms with Crippen LogP contribution in [-0.4, -0.2) is 0 Å².